The largest absolute Gasteiger partial charge is 0.370 e. The molecular weight excluding hydrogens is 304 g/mol. The van der Waals surface area contributed by atoms with Gasteiger partial charge in [0.05, 0.1) is 0 Å². The van der Waals surface area contributed by atoms with Crippen molar-refractivity contribution in [2.75, 3.05) is 31.1 Å². The zero-order valence-corrected chi connectivity index (χ0v) is 15.5. The predicted octanol–water partition coefficient (Wildman–Crippen LogP) is 4.84. The van der Waals surface area contributed by atoms with Crippen LogP contribution in [-0.2, 0) is 12.8 Å². The molecule has 1 fully saturated rings. The van der Waals surface area contributed by atoms with Crippen LogP contribution in [0, 0.1) is 0 Å². The van der Waals surface area contributed by atoms with Gasteiger partial charge in [0.25, 0.3) is 0 Å². The number of rotatable bonds is 3. The first-order chi connectivity index (χ1) is 12.4. The van der Waals surface area contributed by atoms with Crippen molar-refractivity contribution in [2.24, 2.45) is 0 Å². The van der Waals surface area contributed by atoms with Crippen molar-refractivity contribution >= 4 is 5.69 Å². The molecule has 0 aromatic heterocycles. The molecule has 2 nitrogen and oxygen atoms in total. The molecule has 0 saturated carbocycles. The molecule has 1 saturated heterocycles. The van der Waals surface area contributed by atoms with Gasteiger partial charge in [0.2, 0.25) is 0 Å². The van der Waals surface area contributed by atoms with Gasteiger partial charge in [0, 0.05) is 37.9 Å². The fourth-order valence-corrected chi connectivity index (χ4v) is 4.72. The number of nitrogens with zero attached hydrogens (tertiary/aromatic N) is 2. The van der Waals surface area contributed by atoms with E-state index in [1.54, 1.807) is 11.1 Å². The van der Waals surface area contributed by atoms with E-state index in [4.69, 9.17) is 0 Å². The number of fused-ring (bicyclic) bond motifs is 1. The minimum atomic E-state index is 0.631. The van der Waals surface area contributed by atoms with Crippen LogP contribution in [0.25, 0.3) is 0 Å². The van der Waals surface area contributed by atoms with E-state index < -0.39 is 0 Å². The van der Waals surface area contributed by atoms with E-state index in [-0.39, 0.29) is 0 Å². The summed E-state index contributed by atoms with van der Waals surface area (Å²) in [7, 11) is 0. The minimum Gasteiger partial charge on any atom is -0.370 e. The Balaban J connectivity index is 1.51. The molecule has 25 heavy (non-hydrogen) atoms. The Labute approximate surface area is 152 Å². The average molecular weight is 335 g/mol. The smallest absolute Gasteiger partial charge is 0.0399 e. The lowest BCUT2D eigenvalue weighted by atomic mass is 9.87. The molecule has 2 aromatic rings. The first kappa shape index (κ1) is 16.7. The van der Waals surface area contributed by atoms with Gasteiger partial charge < -0.3 is 4.90 Å². The van der Waals surface area contributed by atoms with Crippen LogP contribution in [0.4, 0.5) is 5.69 Å². The Kier molecular flexibility index (Phi) is 5.07. The van der Waals surface area contributed by atoms with Gasteiger partial charge in [0.1, 0.15) is 0 Å². The Morgan fingerprint density at radius 1 is 0.880 bits per heavy atom. The molecule has 2 aromatic carbocycles. The van der Waals surface area contributed by atoms with Crippen molar-refractivity contribution in [3.63, 3.8) is 0 Å². The second kappa shape index (κ2) is 7.61. The summed E-state index contributed by atoms with van der Waals surface area (Å²) in [6, 6.07) is 18.7. The summed E-state index contributed by atoms with van der Waals surface area (Å²) in [5.74, 6) is 0. The van der Waals surface area contributed by atoms with Crippen molar-refractivity contribution in [2.45, 2.75) is 45.1 Å². The highest BCUT2D eigenvalue weighted by Crippen LogP contribution is 2.35. The average Bonchev–Trinajstić information content (AvgIpc) is 2.93. The zero-order chi connectivity index (χ0) is 17.1. The van der Waals surface area contributed by atoms with E-state index in [1.165, 1.54) is 56.6 Å². The lowest BCUT2D eigenvalue weighted by Crippen LogP contribution is -2.35. The van der Waals surface area contributed by atoms with E-state index in [1.807, 2.05) is 0 Å². The third kappa shape index (κ3) is 3.46. The quantitative estimate of drug-likeness (QED) is 0.792. The molecular formula is C23H30N2. The van der Waals surface area contributed by atoms with Crippen LogP contribution in [0.2, 0.25) is 0 Å². The topological polar surface area (TPSA) is 6.48 Å². The van der Waals surface area contributed by atoms with Gasteiger partial charge in [-0.15, -0.1) is 0 Å². The first-order valence-corrected chi connectivity index (χ1v) is 10.0. The molecule has 1 heterocycles. The van der Waals surface area contributed by atoms with Crippen LogP contribution in [-0.4, -0.2) is 31.1 Å². The summed E-state index contributed by atoms with van der Waals surface area (Å²) in [6.45, 7) is 7.00. The molecule has 132 valence electrons. The number of para-hydroxylation sites is 1. The van der Waals surface area contributed by atoms with E-state index in [0.717, 1.165) is 13.0 Å². The highest BCUT2D eigenvalue weighted by molar-refractivity contribution is 5.53. The second-order valence-electron chi connectivity index (χ2n) is 7.47. The zero-order valence-electron chi connectivity index (χ0n) is 15.5. The van der Waals surface area contributed by atoms with Gasteiger partial charge in [-0.2, -0.15) is 0 Å². The molecule has 0 radical (unpaired) electrons. The van der Waals surface area contributed by atoms with Crippen molar-refractivity contribution in [1.29, 1.82) is 0 Å². The van der Waals surface area contributed by atoms with Gasteiger partial charge in [-0.1, -0.05) is 49.4 Å². The maximum absolute atomic E-state index is 2.76. The van der Waals surface area contributed by atoms with Gasteiger partial charge >= 0.3 is 0 Å². The Morgan fingerprint density at radius 3 is 2.64 bits per heavy atom. The minimum absolute atomic E-state index is 0.631. The maximum atomic E-state index is 2.76. The van der Waals surface area contributed by atoms with E-state index in [9.17, 15) is 0 Å². The summed E-state index contributed by atoms with van der Waals surface area (Å²) in [4.78, 5) is 5.38. The standard InChI is InChI=1S/C23H30N2/c1-2-19-9-4-6-13-22(19)24-15-8-16-25(18-17-24)23-14-7-11-20-10-3-5-12-21(20)23/h3-6,9-10,12-13,23H,2,7-8,11,14-18H2,1H3/t23-/m1/s1. The third-order valence-electron chi connectivity index (χ3n) is 6.02. The Morgan fingerprint density at radius 2 is 1.72 bits per heavy atom. The van der Waals surface area contributed by atoms with E-state index in [0.29, 0.717) is 6.04 Å². The highest BCUT2D eigenvalue weighted by atomic mass is 15.2. The summed E-state index contributed by atoms with van der Waals surface area (Å²) in [5, 5.41) is 0. The van der Waals surface area contributed by atoms with Gasteiger partial charge in [0.15, 0.2) is 0 Å². The number of anilines is 1. The van der Waals surface area contributed by atoms with Crippen molar-refractivity contribution in [1.82, 2.24) is 4.90 Å². The summed E-state index contributed by atoms with van der Waals surface area (Å²) in [5.41, 5.74) is 6.11. The van der Waals surface area contributed by atoms with Crippen molar-refractivity contribution < 1.29 is 0 Å². The second-order valence-corrected chi connectivity index (χ2v) is 7.47. The van der Waals surface area contributed by atoms with Crippen LogP contribution < -0.4 is 4.90 Å². The SMILES string of the molecule is CCc1ccccc1N1CCCN([C@@H]2CCCc3ccccc32)CC1. The molecule has 1 aliphatic heterocycles. The van der Waals surface area contributed by atoms with Gasteiger partial charge in [-0.05, 0) is 54.9 Å². The number of benzene rings is 2. The molecule has 0 amide bonds. The van der Waals surface area contributed by atoms with Crippen LogP contribution in [0.1, 0.15) is 48.9 Å². The lowest BCUT2D eigenvalue weighted by molar-refractivity contribution is 0.191. The Hall–Kier alpha value is -1.80. The fraction of sp³-hybridized carbons (Fsp3) is 0.478. The van der Waals surface area contributed by atoms with Crippen LogP contribution in [0.5, 0.6) is 0 Å². The molecule has 2 aliphatic rings. The summed E-state index contributed by atoms with van der Waals surface area (Å²) in [6.07, 6.45) is 6.29. The molecule has 1 atom stereocenters. The number of hydrogen-bond acceptors (Lipinski definition) is 2. The van der Waals surface area contributed by atoms with Crippen LogP contribution >= 0.6 is 0 Å². The lowest BCUT2D eigenvalue weighted by Gasteiger charge is -2.35. The van der Waals surface area contributed by atoms with Crippen molar-refractivity contribution in [3.05, 3.63) is 65.2 Å². The van der Waals surface area contributed by atoms with E-state index in [2.05, 4.69) is 65.3 Å². The molecule has 0 spiro atoms. The molecule has 0 unspecified atom stereocenters. The molecule has 4 rings (SSSR count). The molecule has 0 bridgehead atoms. The van der Waals surface area contributed by atoms with Gasteiger partial charge in [-0.3, -0.25) is 4.90 Å². The summed E-state index contributed by atoms with van der Waals surface area (Å²) >= 11 is 0. The monoisotopic (exact) mass is 334 g/mol. The number of aryl methyl sites for hydroxylation is 2. The maximum Gasteiger partial charge on any atom is 0.0399 e. The Bertz CT molecular complexity index is 709. The molecule has 0 N–H and O–H groups in total. The first-order valence-electron chi connectivity index (χ1n) is 10.0. The van der Waals surface area contributed by atoms with E-state index >= 15 is 0 Å². The fourth-order valence-electron chi connectivity index (χ4n) is 4.72. The van der Waals surface area contributed by atoms with Crippen LogP contribution in [0.15, 0.2) is 48.5 Å². The molecule has 1 aliphatic carbocycles. The number of hydrogen-bond donors (Lipinski definition) is 0. The van der Waals surface area contributed by atoms with Crippen molar-refractivity contribution in [3.8, 4) is 0 Å². The summed E-state index contributed by atoms with van der Waals surface area (Å²) < 4.78 is 0. The normalized spacial score (nSPS) is 21.6. The van der Waals surface area contributed by atoms with Gasteiger partial charge in [-0.25, -0.2) is 0 Å². The van der Waals surface area contributed by atoms with Crippen LogP contribution in [0.3, 0.4) is 0 Å². The predicted molar refractivity (Wildman–Crippen MR) is 106 cm³/mol. The third-order valence-corrected chi connectivity index (χ3v) is 6.02. The molecule has 2 heteroatoms. The highest BCUT2D eigenvalue weighted by Gasteiger charge is 2.27.